The number of piperidine rings is 1. The molecule has 2 amide bonds. The predicted octanol–water partition coefficient (Wildman–Crippen LogP) is 1.25. The molecule has 7 heteroatoms. The Morgan fingerprint density at radius 1 is 1.24 bits per heavy atom. The molecular weight excluding hydrogens is 322 g/mol. The zero-order valence-corrected chi connectivity index (χ0v) is 15.1. The molecule has 0 aromatic heterocycles. The molecule has 0 radical (unpaired) electrons. The first-order chi connectivity index (χ1) is 12.0. The number of amides is 2. The number of nitrogens with one attached hydrogen (secondary N) is 2. The number of likely N-dealkylation sites (N-methyl/N-ethyl adjacent to an activating group) is 1. The number of hydrogen-bond acceptors (Lipinski definition) is 5. The quantitative estimate of drug-likeness (QED) is 0.774. The Morgan fingerprint density at radius 2 is 1.96 bits per heavy atom. The Labute approximate surface area is 148 Å². The van der Waals surface area contributed by atoms with Crippen molar-refractivity contribution in [3.63, 3.8) is 0 Å². The second kappa shape index (κ2) is 8.71. The standard InChI is InChI=1S/C18H27N3O4/c1-19-17(23)18(20-14-5-4-6-15(13-14)25-3)8-10-21(11-9-18)16(22)7-12-24-2/h4-6,13,20H,7-12H2,1-3H3,(H,19,23). The Hall–Kier alpha value is -2.28. The Balaban J connectivity index is 2.10. The van der Waals surface area contributed by atoms with Crippen molar-refractivity contribution in [3.05, 3.63) is 24.3 Å². The van der Waals surface area contributed by atoms with Crippen LogP contribution in [0.25, 0.3) is 0 Å². The van der Waals surface area contributed by atoms with Crippen LogP contribution in [0.4, 0.5) is 5.69 Å². The van der Waals surface area contributed by atoms with Crippen LogP contribution in [0.3, 0.4) is 0 Å². The molecule has 0 saturated carbocycles. The smallest absolute Gasteiger partial charge is 0.245 e. The molecule has 0 bridgehead atoms. The molecule has 0 aliphatic carbocycles. The van der Waals surface area contributed by atoms with Crippen molar-refractivity contribution in [2.45, 2.75) is 24.8 Å². The summed E-state index contributed by atoms with van der Waals surface area (Å²) in [5.41, 5.74) is 0.0844. The van der Waals surface area contributed by atoms with Gasteiger partial charge in [-0.1, -0.05) is 6.07 Å². The lowest BCUT2D eigenvalue weighted by Gasteiger charge is -2.41. The topological polar surface area (TPSA) is 79.9 Å². The van der Waals surface area contributed by atoms with Gasteiger partial charge in [0.1, 0.15) is 11.3 Å². The maximum Gasteiger partial charge on any atom is 0.245 e. The molecular formula is C18H27N3O4. The van der Waals surface area contributed by atoms with Crippen LogP contribution in [0.1, 0.15) is 19.3 Å². The van der Waals surface area contributed by atoms with E-state index in [1.807, 2.05) is 24.3 Å². The van der Waals surface area contributed by atoms with Gasteiger partial charge in [0.25, 0.3) is 0 Å². The number of hydrogen-bond donors (Lipinski definition) is 2. The van der Waals surface area contributed by atoms with Crippen molar-refractivity contribution in [3.8, 4) is 5.75 Å². The van der Waals surface area contributed by atoms with Gasteiger partial charge in [0, 0.05) is 39.0 Å². The molecule has 1 aliphatic rings. The Bertz CT molecular complexity index is 598. The molecule has 0 unspecified atom stereocenters. The van der Waals surface area contributed by atoms with Gasteiger partial charge in [-0.15, -0.1) is 0 Å². The average molecular weight is 349 g/mol. The number of likely N-dealkylation sites (tertiary alicyclic amines) is 1. The summed E-state index contributed by atoms with van der Waals surface area (Å²) in [7, 11) is 4.82. The molecule has 7 nitrogen and oxygen atoms in total. The number of nitrogens with zero attached hydrogens (tertiary/aromatic N) is 1. The number of carbonyl (C=O) groups is 2. The maximum atomic E-state index is 12.6. The van der Waals surface area contributed by atoms with Crippen LogP contribution >= 0.6 is 0 Å². The molecule has 1 saturated heterocycles. The van der Waals surface area contributed by atoms with Crippen LogP contribution in [0.2, 0.25) is 0 Å². The minimum Gasteiger partial charge on any atom is -0.497 e. The van der Waals surface area contributed by atoms with Gasteiger partial charge in [-0.05, 0) is 25.0 Å². The summed E-state index contributed by atoms with van der Waals surface area (Å²) in [4.78, 5) is 26.5. The van der Waals surface area contributed by atoms with E-state index in [1.165, 1.54) is 0 Å². The SMILES string of the molecule is CNC(=O)C1(Nc2cccc(OC)c2)CCN(C(=O)CCOC)CC1. The maximum absolute atomic E-state index is 12.6. The lowest BCUT2D eigenvalue weighted by molar-refractivity contribution is -0.136. The van der Waals surface area contributed by atoms with Crippen molar-refractivity contribution in [2.24, 2.45) is 0 Å². The Kier molecular flexibility index (Phi) is 6.64. The van der Waals surface area contributed by atoms with Gasteiger partial charge in [-0.3, -0.25) is 9.59 Å². The fourth-order valence-electron chi connectivity index (χ4n) is 3.11. The predicted molar refractivity (Wildman–Crippen MR) is 95.7 cm³/mol. The minimum atomic E-state index is -0.737. The zero-order valence-electron chi connectivity index (χ0n) is 15.1. The van der Waals surface area contributed by atoms with Crippen molar-refractivity contribution in [1.29, 1.82) is 0 Å². The first-order valence-electron chi connectivity index (χ1n) is 8.46. The van der Waals surface area contributed by atoms with E-state index in [0.29, 0.717) is 39.0 Å². The summed E-state index contributed by atoms with van der Waals surface area (Å²) in [5, 5.41) is 6.11. The first-order valence-corrected chi connectivity index (χ1v) is 8.46. The number of anilines is 1. The monoisotopic (exact) mass is 349 g/mol. The summed E-state index contributed by atoms with van der Waals surface area (Å²) >= 11 is 0. The van der Waals surface area contributed by atoms with Crippen LogP contribution < -0.4 is 15.4 Å². The molecule has 1 fully saturated rings. The van der Waals surface area contributed by atoms with E-state index in [-0.39, 0.29) is 11.8 Å². The van der Waals surface area contributed by atoms with E-state index in [4.69, 9.17) is 9.47 Å². The van der Waals surface area contributed by atoms with Gasteiger partial charge in [-0.2, -0.15) is 0 Å². The van der Waals surface area contributed by atoms with Crippen LogP contribution in [-0.4, -0.2) is 63.2 Å². The third-order valence-corrected chi connectivity index (χ3v) is 4.60. The summed E-state index contributed by atoms with van der Waals surface area (Å²) < 4.78 is 10.2. The number of rotatable bonds is 7. The van der Waals surface area contributed by atoms with Crippen molar-refractivity contribution >= 4 is 17.5 Å². The van der Waals surface area contributed by atoms with Gasteiger partial charge >= 0.3 is 0 Å². The second-order valence-electron chi connectivity index (χ2n) is 6.14. The van der Waals surface area contributed by atoms with Gasteiger partial charge in [0.2, 0.25) is 11.8 Å². The van der Waals surface area contributed by atoms with Gasteiger partial charge < -0.3 is 25.0 Å². The number of ether oxygens (including phenoxy) is 2. The number of benzene rings is 1. The fourth-order valence-corrected chi connectivity index (χ4v) is 3.11. The molecule has 25 heavy (non-hydrogen) atoms. The molecule has 138 valence electrons. The molecule has 1 aromatic carbocycles. The van der Waals surface area contributed by atoms with Crippen LogP contribution in [0, 0.1) is 0 Å². The molecule has 1 aliphatic heterocycles. The van der Waals surface area contributed by atoms with Crippen molar-refractivity contribution in [2.75, 3.05) is 46.3 Å². The third kappa shape index (κ3) is 4.63. The summed E-state index contributed by atoms with van der Waals surface area (Å²) in [6.07, 6.45) is 1.46. The van der Waals surface area contributed by atoms with E-state index in [2.05, 4.69) is 10.6 Å². The van der Waals surface area contributed by atoms with E-state index in [0.717, 1.165) is 11.4 Å². The zero-order chi connectivity index (χ0) is 18.3. The number of methoxy groups -OCH3 is 2. The minimum absolute atomic E-state index is 0.0636. The van der Waals surface area contributed by atoms with Crippen LogP contribution in [0.5, 0.6) is 5.75 Å². The highest BCUT2D eigenvalue weighted by Crippen LogP contribution is 2.29. The van der Waals surface area contributed by atoms with Crippen molar-refractivity contribution in [1.82, 2.24) is 10.2 Å². The van der Waals surface area contributed by atoms with E-state index in [9.17, 15) is 9.59 Å². The highest BCUT2D eigenvalue weighted by atomic mass is 16.5. The highest BCUT2D eigenvalue weighted by Gasteiger charge is 2.41. The molecule has 2 N–H and O–H groups in total. The first kappa shape index (κ1) is 19.1. The molecule has 2 rings (SSSR count). The molecule has 1 heterocycles. The van der Waals surface area contributed by atoms with E-state index >= 15 is 0 Å². The fraction of sp³-hybridized carbons (Fsp3) is 0.556. The van der Waals surface area contributed by atoms with Gasteiger partial charge in [0.05, 0.1) is 20.1 Å². The van der Waals surface area contributed by atoms with Gasteiger partial charge in [0.15, 0.2) is 0 Å². The number of carbonyl (C=O) groups excluding carboxylic acids is 2. The van der Waals surface area contributed by atoms with Crippen molar-refractivity contribution < 1.29 is 19.1 Å². The summed E-state index contributed by atoms with van der Waals surface area (Å²) in [5.74, 6) is 0.720. The van der Waals surface area contributed by atoms with E-state index in [1.54, 1.807) is 26.2 Å². The lowest BCUT2D eigenvalue weighted by atomic mass is 9.85. The molecule has 1 aromatic rings. The van der Waals surface area contributed by atoms with Crippen LogP contribution in [-0.2, 0) is 14.3 Å². The molecule has 0 spiro atoms. The average Bonchev–Trinajstić information content (AvgIpc) is 2.66. The van der Waals surface area contributed by atoms with Crippen LogP contribution in [0.15, 0.2) is 24.3 Å². The van der Waals surface area contributed by atoms with Gasteiger partial charge in [-0.25, -0.2) is 0 Å². The highest BCUT2D eigenvalue weighted by molar-refractivity contribution is 5.90. The summed E-state index contributed by atoms with van der Waals surface area (Å²) in [6, 6.07) is 7.50. The summed E-state index contributed by atoms with van der Waals surface area (Å²) in [6.45, 7) is 1.48. The lowest BCUT2D eigenvalue weighted by Crippen LogP contribution is -2.58. The molecule has 0 atom stereocenters. The second-order valence-corrected chi connectivity index (χ2v) is 6.14. The largest absolute Gasteiger partial charge is 0.497 e. The van der Waals surface area contributed by atoms with E-state index < -0.39 is 5.54 Å². The Morgan fingerprint density at radius 3 is 2.56 bits per heavy atom. The normalized spacial score (nSPS) is 16.2. The third-order valence-electron chi connectivity index (χ3n) is 4.60.